The molecule has 1 aliphatic rings. The minimum Gasteiger partial charge on any atom is -0.376 e. The van der Waals surface area contributed by atoms with E-state index in [1.165, 1.54) is 24.3 Å². The van der Waals surface area contributed by atoms with Gasteiger partial charge in [0.05, 0.1) is 17.4 Å². The van der Waals surface area contributed by atoms with Crippen LogP contribution in [0.1, 0.15) is 23.2 Å². The Balaban J connectivity index is 1.82. The van der Waals surface area contributed by atoms with Crippen LogP contribution in [0, 0.1) is 17.5 Å². The maximum Gasteiger partial charge on any atom is 0.264 e. The summed E-state index contributed by atoms with van der Waals surface area (Å²) >= 11 is 0. The minimum atomic E-state index is -4.61. The molecule has 1 aliphatic heterocycles. The number of carbonyl (C=O) groups is 1. The number of benzene rings is 2. The van der Waals surface area contributed by atoms with Crippen molar-refractivity contribution in [2.75, 3.05) is 17.9 Å². The molecule has 0 radical (unpaired) electrons. The molecule has 1 amide bonds. The van der Waals surface area contributed by atoms with Gasteiger partial charge in [0.15, 0.2) is 17.5 Å². The van der Waals surface area contributed by atoms with Gasteiger partial charge in [0.25, 0.3) is 15.9 Å². The van der Waals surface area contributed by atoms with E-state index in [1.807, 2.05) is 0 Å². The molecule has 2 aromatic rings. The van der Waals surface area contributed by atoms with E-state index in [1.54, 1.807) is 0 Å². The summed E-state index contributed by atoms with van der Waals surface area (Å²) in [5.74, 6) is -5.80. The van der Waals surface area contributed by atoms with Crippen LogP contribution < -0.4 is 10.0 Å². The summed E-state index contributed by atoms with van der Waals surface area (Å²) in [7, 11) is -4.61. The van der Waals surface area contributed by atoms with E-state index < -0.39 is 38.3 Å². The molecule has 1 fully saturated rings. The van der Waals surface area contributed by atoms with Crippen molar-refractivity contribution in [2.45, 2.75) is 23.8 Å². The molecule has 0 spiro atoms. The van der Waals surface area contributed by atoms with Crippen LogP contribution in [0.4, 0.5) is 18.9 Å². The normalized spacial score (nSPS) is 16.8. The van der Waals surface area contributed by atoms with Gasteiger partial charge in [-0.25, -0.2) is 21.6 Å². The first-order valence-corrected chi connectivity index (χ1v) is 9.93. The summed E-state index contributed by atoms with van der Waals surface area (Å²) < 4.78 is 72.7. The van der Waals surface area contributed by atoms with Gasteiger partial charge in [0.1, 0.15) is 4.90 Å². The van der Waals surface area contributed by atoms with Gasteiger partial charge in [-0.15, -0.1) is 0 Å². The predicted octanol–water partition coefficient (Wildman–Crippen LogP) is 2.81. The molecular weight excluding hydrogens is 397 g/mol. The summed E-state index contributed by atoms with van der Waals surface area (Å²) in [5.41, 5.74) is -0.136. The van der Waals surface area contributed by atoms with Crippen LogP contribution in [0.25, 0.3) is 0 Å². The molecule has 6 nitrogen and oxygen atoms in total. The van der Waals surface area contributed by atoms with E-state index in [0.29, 0.717) is 18.7 Å². The highest BCUT2D eigenvalue weighted by atomic mass is 32.2. The van der Waals surface area contributed by atoms with E-state index in [4.69, 9.17) is 4.74 Å². The molecule has 0 bridgehead atoms. The van der Waals surface area contributed by atoms with Gasteiger partial charge in [-0.2, -0.15) is 0 Å². The summed E-state index contributed by atoms with van der Waals surface area (Å²) in [5, 5.41) is 2.65. The molecule has 0 saturated carbocycles. The number of halogens is 3. The standard InChI is InChI=1S/C18H17F3N2O4S/c19-13-7-8-15(17(21)16(13)20)28(25,26)23-14-6-2-1-5-12(14)18(24)22-10-11-4-3-9-27-11/h1-2,5-8,11,23H,3-4,9-10H2,(H,22,24). The first kappa shape index (κ1) is 20.2. The van der Waals surface area contributed by atoms with E-state index in [9.17, 15) is 26.4 Å². The summed E-state index contributed by atoms with van der Waals surface area (Å²) in [6.45, 7) is 0.883. The minimum absolute atomic E-state index is 0.00735. The van der Waals surface area contributed by atoms with Gasteiger partial charge in [-0.05, 0) is 37.1 Å². The number of sulfonamides is 1. The lowest BCUT2D eigenvalue weighted by atomic mass is 10.1. The first-order chi connectivity index (χ1) is 13.3. The van der Waals surface area contributed by atoms with Gasteiger partial charge < -0.3 is 10.1 Å². The SMILES string of the molecule is O=C(NCC1CCCO1)c1ccccc1NS(=O)(=O)c1ccc(F)c(F)c1F. The van der Waals surface area contributed by atoms with Gasteiger partial charge >= 0.3 is 0 Å². The fourth-order valence-corrected chi connectivity index (χ4v) is 3.94. The Bertz CT molecular complexity index is 992. The fourth-order valence-electron chi connectivity index (χ4n) is 2.79. The van der Waals surface area contributed by atoms with Crippen LogP contribution in [0.3, 0.4) is 0 Å². The van der Waals surface area contributed by atoms with Gasteiger partial charge in [0.2, 0.25) is 0 Å². The zero-order valence-corrected chi connectivity index (χ0v) is 15.4. The van der Waals surface area contributed by atoms with Crippen molar-refractivity contribution in [2.24, 2.45) is 0 Å². The largest absolute Gasteiger partial charge is 0.376 e. The topological polar surface area (TPSA) is 84.5 Å². The number of carbonyl (C=O) groups excluding carboxylic acids is 1. The molecule has 0 aromatic heterocycles. The molecular formula is C18H17F3N2O4S. The van der Waals surface area contributed by atoms with Crippen LogP contribution >= 0.6 is 0 Å². The van der Waals surface area contributed by atoms with Crippen LogP contribution in [0.5, 0.6) is 0 Å². The monoisotopic (exact) mass is 414 g/mol. The third-order valence-corrected chi connectivity index (χ3v) is 5.60. The average Bonchev–Trinajstić information content (AvgIpc) is 3.18. The molecule has 1 heterocycles. The number of hydrogen-bond acceptors (Lipinski definition) is 4. The van der Waals surface area contributed by atoms with Gasteiger partial charge in [-0.3, -0.25) is 9.52 Å². The average molecular weight is 414 g/mol. The number of ether oxygens (including phenoxy) is 1. The second-order valence-corrected chi connectivity index (χ2v) is 7.82. The Morgan fingerprint density at radius 1 is 1.11 bits per heavy atom. The lowest BCUT2D eigenvalue weighted by molar-refractivity contribution is 0.0858. The molecule has 1 atom stereocenters. The molecule has 1 unspecified atom stereocenters. The molecule has 10 heteroatoms. The fraction of sp³-hybridized carbons (Fsp3) is 0.278. The number of rotatable bonds is 6. The molecule has 1 saturated heterocycles. The van der Waals surface area contributed by atoms with E-state index in [2.05, 4.69) is 10.0 Å². The second-order valence-electron chi connectivity index (χ2n) is 6.17. The Morgan fingerprint density at radius 2 is 1.86 bits per heavy atom. The molecule has 3 rings (SSSR count). The zero-order chi connectivity index (χ0) is 20.3. The Morgan fingerprint density at radius 3 is 2.57 bits per heavy atom. The maximum absolute atomic E-state index is 13.9. The highest BCUT2D eigenvalue weighted by Gasteiger charge is 2.26. The van der Waals surface area contributed by atoms with Crippen molar-refractivity contribution in [1.82, 2.24) is 5.32 Å². The van der Waals surface area contributed by atoms with Crippen molar-refractivity contribution in [1.29, 1.82) is 0 Å². The van der Waals surface area contributed by atoms with Crippen molar-refractivity contribution in [3.05, 3.63) is 59.4 Å². The highest BCUT2D eigenvalue weighted by Crippen LogP contribution is 2.24. The second kappa shape index (κ2) is 8.19. The number of amides is 1. The molecule has 28 heavy (non-hydrogen) atoms. The van der Waals surface area contributed by atoms with E-state index in [-0.39, 0.29) is 23.9 Å². The number of hydrogen-bond donors (Lipinski definition) is 2. The Kier molecular flexibility index (Phi) is 5.90. The first-order valence-electron chi connectivity index (χ1n) is 8.45. The Hall–Kier alpha value is -2.59. The smallest absolute Gasteiger partial charge is 0.264 e. The van der Waals surface area contributed by atoms with Crippen LogP contribution in [-0.4, -0.2) is 33.6 Å². The molecule has 0 aliphatic carbocycles. The quantitative estimate of drug-likeness (QED) is 0.712. The van der Waals surface area contributed by atoms with E-state index in [0.717, 1.165) is 12.8 Å². The van der Waals surface area contributed by atoms with Crippen molar-refractivity contribution >= 4 is 21.6 Å². The number of nitrogens with one attached hydrogen (secondary N) is 2. The predicted molar refractivity (Wildman–Crippen MR) is 94.9 cm³/mol. The lowest BCUT2D eigenvalue weighted by Gasteiger charge is -2.15. The zero-order valence-electron chi connectivity index (χ0n) is 14.5. The van der Waals surface area contributed by atoms with Gasteiger partial charge in [-0.1, -0.05) is 12.1 Å². The van der Waals surface area contributed by atoms with Crippen molar-refractivity contribution in [3.63, 3.8) is 0 Å². The number of anilines is 1. The van der Waals surface area contributed by atoms with Crippen LogP contribution in [0.2, 0.25) is 0 Å². The summed E-state index contributed by atoms with van der Waals surface area (Å²) in [6, 6.07) is 6.79. The maximum atomic E-state index is 13.9. The molecule has 150 valence electrons. The van der Waals surface area contributed by atoms with Crippen molar-refractivity contribution < 1.29 is 31.1 Å². The highest BCUT2D eigenvalue weighted by molar-refractivity contribution is 7.92. The van der Waals surface area contributed by atoms with Gasteiger partial charge in [0, 0.05) is 13.2 Å². The molecule has 2 N–H and O–H groups in total. The molecule has 2 aromatic carbocycles. The van der Waals surface area contributed by atoms with Crippen LogP contribution in [0.15, 0.2) is 41.3 Å². The summed E-state index contributed by atoms with van der Waals surface area (Å²) in [6.07, 6.45) is 1.60. The van der Waals surface area contributed by atoms with Crippen molar-refractivity contribution in [3.8, 4) is 0 Å². The third-order valence-electron chi connectivity index (χ3n) is 4.22. The Labute approximate surface area is 159 Å². The lowest BCUT2D eigenvalue weighted by Crippen LogP contribution is -2.32. The van der Waals surface area contributed by atoms with E-state index >= 15 is 0 Å². The number of para-hydroxylation sites is 1. The van der Waals surface area contributed by atoms with Crippen LogP contribution in [-0.2, 0) is 14.8 Å². The summed E-state index contributed by atoms with van der Waals surface area (Å²) in [4.78, 5) is 11.4. The third kappa shape index (κ3) is 4.28.